The molecule has 1 amide bonds. The van der Waals surface area contributed by atoms with Crippen LogP contribution in [-0.4, -0.2) is 29.5 Å². The maximum atomic E-state index is 12.4. The number of carbonyl (C=O) groups is 2. The number of carbonyl (C=O) groups excluding carboxylic acids is 2. The first kappa shape index (κ1) is 18.0. The van der Waals surface area contributed by atoms with Gasteiger partial charge in [-0.2, -0.15) is 0 Å². The Bertz CT molecular complexity index is 802. The fourth-order valence-corrected chi connectivity index (χ4v) is 2.22. The van der Waals surface area contributed by atoms with Crippen molar-refractivity contribution in [2.45, 2.75) is 13.3 Å². The fourth-order valence-electron chi connectivity index (χ4n) is 2.22. The van der Waals surface area contributed by atoms with Gasteiger partial charge < -0.3 is 21.0 Å². The minimum absolute atomic E-state index is 0.0777. The molecule has 0 heterocycles. The number of benzene rings is 2. The topological polar surface area (TPSA) is 114 Å². The lowest BCUT2D eigenvalue weighted by molar-refractivity contribution is -0.142. The van der Waals surface area contributed by atoms with Crippen LogP contribution in [0.25, 0.3) is 0 Å². The van der Waals surface area contributed by atoms with Gasteiger partial charge >= 0.3 is 5.97 Å². The maximum absolute atomic E-state index is 12.4. The van der Waals surface area contributed by atoms with E-state index >= 15 is 0 Å². The third-order valence-electron chi connectivity index (χ3n) is 3.37. The summed E-state index contributed by atoms with van der Waals surface area (Å²) in [5, 5.41) is 14.4. The standard InChI is InChI=1S/C18H19N3O4/c1-2-25-16(22)10-12-5-3-8-15(9-12)20-18(23)14-7-4-6-13(11-14)17(19)21-24/h3-9,11,24H,2,10H2,1H3,(H2,19,21)(H,20,23). The van der Waals surface area contributed by atoms with Crippen molar-refractivity contribution in [1.82, 2.24) is 0 Å². The van der Waals surface area contributed by atoms with Crippen molar-refractivity contribution in [2.75, 3.05) is 11.9 Å². The van der Waals surface area contributed by atoms with Gasteiger partial charge in [-0.1, -0.05) is 29.4 Å². The number of amides is 1. The van der Waals surface area contributed by atoms with Gasteiger partial charge in [0, 0.05) is 16.8 Å². The molecule has 0 radical (unpaired) electrons. The van der Waals surface area contributed by atoms with Crippen LogP contribution in [0.4, 0.5) is 5.69 Å². The number of nitrogens with two attached hydrogens (primary N) is 1. The van der Waals surface area contributed by atoms with E-state index in [1.807, 2.05) is 0 Å². The number of rotatable bonds is 6. The summed E-state index contributed by atoms with van der Waals surface area (Å²) in [7, 11) is 0. The molecule has 0 aliphatic carbocycles. The van der Waals surface area contributed by atoms with Gasteiger partial charge in [-0.15, -0.1) is 0 Å². The van der Waals surface area contributed by atoms with Crippen LogP contribution in [-0.2, 0) is 16.0 Å². The van der Waals surface area contributed by atoms with Crippen molar-refractivity contribution in [1.29, 1.82) is 0 Å². The van der Waals surface area contributed by atoms with Crippen molar-refractivity contribution in [2.24, 2.45) is 10.9 Å². The van der Waals surface area contributed by atoms with Crippen LogP contribution in [0.1, 0.15) is 28.4 Å². The number of nitrogens with zero attached hydrogens (tertiary/aromatic N) is 1. The summed E-state index contributed by atoms with van der Waals surface area (Å²) in [6, 6.07) is 13.4. The monoisotopic (exact) mass is 341 g/mol. The molecule has 0 spiro atoms. The molecule has 0 atom stereocenters. The average Bonchev–Trinajstić information content (AvgIpc) is 2.61. The van der Waals surface area contributed by atoms with E-state index in [-0.39, 0.29) is 24.1 Å². The molecule has 0 fully saturated rings. The van der Waals surface area contributed by atoms with Crippen LogP contribution < -0.4 is 11.1 Å². The second-order valence-electron chi connectivity index (χ2n) is 5.20. The molecule has 0 saturated carbocycles. The molecular formula is C18H19N3O4. The van der Waals surface area contributed by atoms with E-state index in [4.69, 9.17) is 15.7 Å². The van der Waals surface area contributed by atoms with E-state index in [0.29, 0.717) is 23.4 Å². The van der Waals surface area contributed by atoms with E-state index in [1.54, 1.807) is 49.4 Å². The van der Waals surface area contributed by atoms with E-state index < -0.39 is 0 Å². The molecule has 4 N–H and O–H groups in total. The van der Waals surface area contributed by atoms with E-state index in [1.165, 1.54) is 6.07 Å². The molecule has 7 nitrogen and oxygen atoms in total. The van der Waals surface area contributed by atoms with Gasteiger partial charge in [0.25, 0.3) is 5.91 Å². The first-order valence-electron chi connectivity index (χ1n) is 7.67. The van der Waals surface area contributed by atoms with Gasteiger partial charge in [0.05, 0.1) is 13.0 Å². The molecule has 0 aliphatic rings. The Kier molecular flexibility index (Phi) is 6.11. The molecule has 0 aliphatic heterocycles. The summed E-state index contributed by atoms with van der Waals surface area (Å²) >= 11 is 0. The number of ether oxygens (including phenoxy) is 1. The summed E-state index contributed by atoms with van der Waals surface area (Å²) in [5.41, 5.74) is 7.62. The second-order valence-corrected chi connectivity index (χ2v) is 5.20. The zero-order chi connectivity index (χ0) is 18.2. The molecular weight excluding hydrogens is 322 g/mol. The number of oxime groups is 1. The Morgan fingerprint density at radius 2 is 1.88 bits per heavy atom. The zero-order valence-corrected chi connectivity index (χ0v) is 13.7. The molecule has 0 saturated heterocycles. The smallest absolute Gasteiger partial charge is 0.310 e. The van der Waals surface area contributed by atoms with Crippen LogP contribution in [0.3, 0.4) is 0 Å². The molecule has 0 aromatic heterocycles. The summed E-state index contributed by atoms with van der Waals surface area (Å²) in [6.45, 7) is 2.07. The Morgan fingerprint density at radius 3 is 2.60 bits per heavy atom. The van der Waals surface area contributed by atoms with Crippen molar-refractivity contribution < 1.29 is 19.5 Å². The van der Waals surface area contributed by atoms with Crippen LogP contribution in [0.2, 0.25) is 0 Å². The average molecular weight is 341 g/mol. The van der Waals surface area contributed by atoms with Crippen molar-refractivity contribution in [3.8, 4) is 0 Å². The lowest BCUT2D eigenvalue weighted by Gasteiger charge is -2.08. The van der Waals surface area contributed by atoms with Crippen LogP contribution in [0.15, 0.2) is 53.7 Å². The predicted molar refractivity (Wildman–Crippen MR) is 93.7 cm³/mol. The molecule has 2 aromatic carbocycles. The molecule has 25 heavy (non-hydrogen) atoms. The summed E-state index contributed by atoms with van der Waals surface area (Å²) < 4.78 is 4.91. The minimum atomic E-state index is -0.346. The van der Waals surface area contributed by atoms with E-state index in [9.17, 15) is 9.59 Å². The highest BCUT2D eigenvalue weighted by Gasteiger charge is 2.10. The lowest BCUT2D eigenvalue weighted by atomic mass is 10.1. The third kappa shape index (κ3) is 5.07. The van der Waals surface area contributed by atoms with Gasteiger partial charge in [-0.25, -0.2) is 0 Å². The largest absolute Gasteiger partial charge is 0.466 e. The predicted octanol–water partition coefficient (Wildman–Crippen LogP) is 2.14. The SMILES string of the molecule is CCOC(=O)Cc1cccc(NC(=O)c2cccc(C(N)=NO)c2)c1. The van der Waals surface area contributed by atoms with Crippen molar-refractivity contribution in [3.63, 3.8) is 0 Å². The second kappa shape index (κ2) is 8.49. The lowest BCUT2D eigenvalue weighted by Crippen LogP contribution is -2.16. The normalized spacial score (nSPS) is 11.0. The van der Waals surface area contributed by atoms with E-state index in [2.05, 4.69) is 10.5 Å². The number of hydrogen-bond donors (Lipinski definition) is 3. The number of amidine groups is 1. The highest BCUT2D eigenvalue weighted by Crippen LogP contribution is 2.14. The molecule has 0 bridgehead atoms. The molecule has 2 aromatic rings. The minimum Gasteiger partial charge on any atom is -0.466 e. The number of nitrogens with one attached hydrogen (secondary N) is 1. The highest BCUT2D eigenvalue weighted by molar-refractivity contribution is 6.06. The first-order chi connectivity index (χ1) is 12.0. The van der Waals surface area contributed by atoms with Gasteiger partial charge in [-0.05, 0) is 36.8 Å². The Labute approximate surface area is 145 Å². The summed E-state index contributed by atoms with van der Waals surface area (Å²) in [4.78, 5) is 23.9. The Hall–Kier alpha value is -3.35. The molecule has 2 rings (SSSR count). The van der Waals surface area contributed by atoms with E-state index in [0.717, 1.165) is 5.56 Å². The number of hydrogen-bond acceptors (Lipinski definition) is 5. The molecule has 130 valence electrons. The third-order valence-corrected chi connectivity index (χ3v) is 3.37. The van der Waals surface area contributed by atoms with Crippen LogP contribution in [0, 0.1) is 0 Å². The van der Waals surface area contributed by atoms with Gasteiger partial charge in [-0.3, -0.25) is 9.59 Å². The molecule has 0 unspecified atom stereocenters. The summed E-state index contributed by atoms with van der Waals surface area (Å²) in [6.07, 6.45) is 0.135. The maximum Gasteiger partial charge on any atom is 0.310 e. The Balaban J connectivity index is 2.12. The van der Waals surface area contributed by atoms with Crippen molar-refractivity contribution in [3.05, 3.63) is 65.2 Å². The number of esters is 1. The number of anilines is 1. The quantitative estimate of drug-likeness (QED) is 0.245. The van der Waals surface area contributed by atoms with Gasteiger partial charge in [0.2, 0.25) is 0 Å². The fraction of sp³-hybridized carbons (Fsp3) is 0.167. The molecule has 7 heteroatoms. The highest BCUT2D eigenvalue weighted by atomic mass is 16.5. The first-order valence-corrected chi connectivity index (χ1v) is 7.67. The van der Waals surface area contributed by atoms with Crippen LogP contribution in [0.5, 0.6) is 0 Å². The summed E-state index contributed by atoms with van der Waals surface area (Å²) in [5.74, 6) is -0.746. The van der Waals surface area contributed by atoms with Gasteiger partial charge in [0.15, 0.2) is 5.84 Å². The Morgan fingerprint density at radius 1 is 1.16 bits per heavy atom. The van der Waals surface area contributed by atoms with Gasteiger partial charge in [0.1, 0.15) is 0 Å². The van der Waals surface area contributed by atoms with Crippen molar-refractivity contribution >= 4 is 23.4 Å². The zero-order valence-electron chi connectivity index (χ0n) is 13.7. The van der Waals surface area contributed by atoms with Crippen LogP contribution >= 0.6 is 0 Å².